The summed E-state index contributed by atoms with van der Waals surface area (Å²) in [6, 6.07) is 10.2. The minimum absolute atomic E-state index is 0.134. The lowest BCUT2D eigenvalue weighted by molar-refractivity contribution is -0.118. The summed E-state index contributed by atoms with van der Waals surface area (Å²) < 4.78 is 0. The van der Waals surface area contributed by atoms with E-state index in [2.05, 4.69) is 31.3 Å². The van der Waals surface area contributed by atoms with Crippen molar-refractivity contribution >= 4 is 17.7 Å². The van der Waals surface area contributed by atoms with Gasteiger partial charge in [-0.05, 0) is 17.2 Å². The van der Waals surface area contributed by atoms with Crippen molar-refractivity contribution < 1.29 is 4.79 Å². The molecule has 2 nitrogen and oxygen atoms in total. The smallest absolute Gasteiger partial charge is 0.230 e. The lowest BCUT2D eigenvalue weighted by atomic mass is 10.1. The molecule has 0 saturated heterocycles. The van der Waals surface area contributed by atoms with Gasteiger partial charge in [0, 0.05) is 6.54 Å². The first-order valence-electron chi connectivity index (χ1n) is 5.60. The van der Waals surface area contributed by atoms with Crippen LogP contribution in [0.3, 0.4) is 0 Å². The second-order valence-electron chi connectivity index (χ2n) is 3.95. The summed E-state index contributed by atoms with van der Waals surface area (Å²) in [7, 11) is 0. The normalized spacial score (nSPS) is 10.4. The Morgan fingerprint density at radius 1 is 1.31 bits per heavy atom. The first-order chi connectivity index (χ1) is 7.68. The summed E-state index contributed by atoms with van der Waals surface area (Å²) in [5.74, 6) is 0.696. The Morgan fingerprint density at radius 2 is 2.00 bits per heavy atom. The molecule has 0 aliphatic carbocycles. The average molecular weight is 237 g/mol. The van der Waals surface area contributed by atoms with Gasteiger partial charge in [-0.1, -0.05) is 44.2 Å². The molecule has 0 aromatic heterocycles. The molecule has 0 heterocycles. The number of rotatable bonds is 6. The van der Waals surface area contributed by atoms with Crippen LogP contribution in [0, 0.1) is 0 Å². The van der Waals surface area contributed by atoms with E-state index >= 15 is 0 Å². The van der Waals surface area contributed by atoms with Crippen LogP contribution in [0.1, 0.15) is 19.4 Å². The van der Waals surface area contributed by atoms with Crippen molar-refractivity contribution in [3.8, 4) is 0 Å². The van der Waals surface area contributed by atoms with Crippen molar-refractivity contribution in [1.29, 1.82) is 0 Å². The first-order valence-corrected chi connectivity index (χ1v) is 6.65. The number of benzene rings is 1. The van der Waals surface area contributed by atoms with Crippen LogP contribution in [-0.4, -0.2) is 23.5 Å². The van der Waals surface area contributed by atoms with Gasteiger partial charge in [0.05, 0.1) is 5.75 Å². The third-order valence-electron chi connectivity index (χ3n) is 2.13. The molecule has 0 saturated carbocycles. The highest BCUT2D eigenvalue weighted by atomic mass is 32.2. The van der Waals surface area contributed by atoms with E-state index in [-0.39, 0.29) is 5.91 Å². The minimum atomic E-state index is 0.134. The SMILES string of the molecule is CC(C)SCC(=O)NCCc1ccccc1. The van der Waals surface area contributed by atoms with E-state index in [1.807, 2.05) is 18.2 Å². The standard InChI is InChI=1S/C13H19NOS/c1-11(2)16-10-13(15)14-9-8-12-6-4-3-5-7-12/h3-7,11H,8-10H2,1-2H3,(H,14,15). The summed E-state index contributed by atoms with van der Waals surface area (Å²) in [4.78, 5) is 11.4. The number of nitrogens with one attached hydrogen (secondary N) is 1. The average Bonchev–Trinajstić information content (AvgIpc) is 2.28. The van der Waals surface area contributed by atoms with Crippen LogP contribution < -0.4 is 5.32 Å². The van der Waals surface area contributed by atoms with Gasteiger partial charge in [0.15, 0.2) is 0 Å². The summed E-state index contributed by atoms with van der Waals surface area (Å²) in [6.45, 7) is 4.92. The molecule has 0 spiro atoms. The molecular formula is C13H19NOS. The fraction of sp³-hybridized carbons (Fsp3) is 0.462. The molecule has 0 aliphatic rings. The van der Waals surface area contributed by atoms with Crippen molar-refractivity contribution in [2.24, 2.45) is 0 Å². The molecule has 0 unspecified atom stereocenters. The molecule has 1 amide bonds. The summed E-state index contributed by atoms with van der Waals surface area (Å²) in [5.41, 5.74) is 1.26. The van der Waals surface area contributed by atoms with Crippen molar-refractivity contribution in [3.63, 3.8) is 0 Å². The molecule has 1 aromatic carbocycles. The Kier molecular flexibility index (Phi) is 6.01. The maximum absolute atomic E-state index is 11.4. The van der Waals surface area contributed by atoms with E-state index in [1.165, 1.54) is 5.56 Å². The fourth-order valence-electron chi connectivity index (χ4n) is 1.28. The third kappa shape index (κ3) is 5.81. The van der Waals surface area contributed by atoms with Gasteiger partial charge in [0.1, 0.15) is 0 Å². The van der Waals surface area contributed by atoms with Crippen molar-refractivity contribution in [2.75, 3.05) is 12.3 Å². The van der Waals surface area contributed by atoms with Gasteiger partial charge in [-0.3, -0.25) is 4.79 Å². The Labute approximate surface area is 102 Å². The Bertz CT molecular complexity index is 311. The molecular weight excluding hydrogens is 218 g/mol. The number of thioether (sulfide) groups is 1. The van der Waals surface area contributed by atoms with Crippen LogP contribution in [0.2, 0.25) is 0 Å². The molecule has 0 fully saturated rings. The lowest BCUT2D eigenvalue weighted by Crippen LogP contribution is -2.27. The molecule has 0 radical (unpaired) electrons. The Hall–Kier alpha value is -0.960. The van der Waals surface area contributed by atoms with E-state index in [9.17, 15) is 4.79 Å². The van der Waals surface area contributed by atoms with Gasteiger partial charge in [0.25, 0.3) is 0 Å². The van der Waals surface area contributed by atoms with Crippen LogP contribution >= 0.6 is 11.8 Å². The van der Waals surface area contributed by atoms with Crippen molar-refractivity contribution in [1.82, 2.24) is 5.32 Å². The highest BCUT2D eigenvalue weighted by Gasteiger charge is 2.02. The molecule has 1 rings (SSSR count). The predicted molar refractivity (Wildman–Crippen MR) is 70.7 cm³/mol. The van der Waals surface area contributed by atoms with Gasteiger partial charge in [-0.15, -0.1) is 11.8 Å². The van der Waals surface area contributed by atoms with E-state index in [0.717, 1.165) is 13.0 Å². The predicted octanol–water partition coefficient (Wildman–Crippen LogP) is 2.49. The molecule has 16 heavy (non-hydrogen) atoms. The van der Waals surface area contributed by atoms with Crippen LogP contribution in [0.4, 0.5) is 0 Å². The van der Waals surface area contributed by atoms with Gasteiger partial charge in [-0.25, -0.2) is 0 Å². The van der Waals surface area contributed by atoms with E-state index in [1.54, 1.807) is 11.8 Å². The Morgan fingerprint density at radius 3 is 2.62 bits per heavy atom. The van der Waals surface area contributed by atoms with Gasteiger partial charge >= 0.3 is 0 Å². The van der Waals surface area contributed by atoms with Crippen molar-refractivity contribution in [3.05, 3.63) is 35.9 Å². The van der Waals surface area contributed by atoms with E-state index < -0.39 is 0 Å². The number of carbonyl (C=O) groups excluding carboxylic acids is 1. The summed E-state index contributed by atoms with van der Waals surface area (Å²) >= 11 is 1.67. The lowest BCUT2D eigenvalue weighted by Gasteiger charge is -2.06. The third-order valence-corrected chi connectivity index (χ3v) is 3.22. The summed E-state index contributed by atoms with van der Waals surface area (Å²) in [6.07, 6.45) is 0.902. The summed E-state index contributed by atoms with van der Waals surface area (Å²) in [5, 5.41) is 3.44. The van der Waals surface area contributed by atoms with Gasteiger partial charge in [-0.2, -0.15) is 0 Å². The molecule has 0 bridgehead atoms. The Balaban J connectivity index is 2.13. The van der Waals surface area contributed by atoms with E-state index in [0.29, 0.717) is 11.0 Å². The molecule has 88 valence electrons. The van der Waals surface area contributed by atoms with Crippen LogP contribution in [-0.2, 0) is 11.2 Å². The van der Waals surface area contributed by atoms with Crippen LogP contribution in [0.15, 0.2) is 30.3 Å². The molecule has 3 heteroatoms. The number of amides is 1. The highest BCUT2D eigenvalue weighted by molar-refractivity contribution is 8.00. The number of hydrogen-bond acceptors (Lipinski definition) is 2. The maximum atomic E-state index is 11.4. The molecule has 0 aliphatic heterocycles. The fourth-order valence-corrected chi connectivity index (χ4v) is 1.87. The van der Waals surface area contributed by atoms with Crippen molar-refractivity contribution in [2.45, 2.75) is 25.5 Å². The largest absolute Gasteiger partial charge is 0.355 e. The zero-order valence-corrected chi connectivity index (χ0v) is 10.7. The zero-order valence-electron chi connectivity index (χ0n) is 9.90. The second kappa shape index (κ2) is 7.34. The topological polar surface area (TPSA) is 29.1 Å². The zero-order chi connectivity index (χ0) is 11.8. The van der Waals surface area contributed by atoms with Gasteiger partial charge < -0.3 is 5.32 Å². The number of hydrogen-bond donors (Lipinski definition) is 1. The van der Waals surface area contributed by atoms with E-state index in [4.69, 9.17) is 0 Å². The quantitative estimate of drug-likeness (QED) is 0.823. The monoisotopic (exact) mass is 237 g/mol. The highest BCUT2D eigenvalue weighted by Crippen LogP contribution is 2.07. The minimum Gasteiger partial charge on any atom is -0.355 e. The number of carbonyl (C=O) groups is 1. The van der Waals surface area contributed by atoms with Gasteiger partial charge in [0.2, 0.25) is 5.91 Å². The van der Waals surface area contributed by atoms with Crippen LogP contribution in [0.25, 0.3) is 0 Å². The molecule has 1 N–H and O–H groups in total. The molecule has 1 aromatic rings. The molecule has 0 atom stereocenters. The second-order valence-corrected chi connectivity index (χ2v) is 5.51. The maximum Gasteiger partial charge on any atom is 0.230 e. The first kappa shape index (κ1) is 13.1. The van der Waals surface area contributed by atoms with Crippen LogP contribution in [0.5, 0.6) is 0 Å².